The van der Waals surface area contributed by atoms with Crippen LogP contribution in [0, 0.1) is 28.7 Å². The van der Waals surface area contributed by atoms with Gasteiger partial charge in [0.05, 0.1) is 0 Å². The molecule has 2 unspecified atom stereocenters. The van der Waals surface area contributed by atoms with Gasteiger partial charge in [-0.25, -0.2) is 0 Å². The van der Waals surface area contributed by atoms with Crippen molar-refractivity contribution in [3.8, 4) is 0 Å². The van der Waals surface area contributed by atoms with Crippen LogP contribution >= 0.6 is 16.4 Å². The van der Waals surface area contributed by atoms with Crippen molar-refractivity contribution in [3.63, 3.8) is 0 Å². The summed E-state index contributed by atoms with van der Waals surface area (Å²) in [6.07, 6.45) is 9.02. The van der Waals surface area contributed by atoms with Crippen molar-refractivity contribution < 1.29 is 21.7 Å². The van der Waals surface area contributed by atoms with Crippen LogP contribution in [0.25, 0.3) is 0 Å². The van der Waals surface area contributed by atoms with Crippen molar-refractivity contribution in [1.29, 1.82) is 0 Å². The zero-order chi connectivity index (χ0) is 15.6. The van der Waals surface area contributed by atoms with Crippen LogP contribution in [0.5, 0.6) is 0 Å². The predicted octanol–water partition coefficient (Wildman–Crippen LogP) is 6.36. The van der Waals surface area contributed by atoms with Crippen LogP contribution in [0.4, 0.5) is 0 Å². The number of nitrogens with zero attached hydrogens (tertiary/aromatic N) is 2. The van der Waals surface area contributed by atoms with E-state index in [0.29, 0.717) is 0 Å². The summed E-state index contributed by atoms with van der Waals surface area (Å²) in [6.45, 7) is 6.28. The Bertz CT molecular complexity index is 560. The summed E-state index contributed by atoms with van der Waals surface area (Å²) in [5.41, 5.74) is 0. The Hall–Kier alpha value is -0.386. The summed E-state index contributed by atoms with van der Waals surface area (Å²) >= 11 is 0. The van der Waals surface area contributed by atoms with Crippen molar-refractivity contribution in [1.82, 2.24) is 0 Å². The molecule has 5 heteroatoms. The molecular formula is C20H32N2P2Ti. The van der Waals surface area contributed by atoms with E-state index in [-0.39, 0.29) is 36.6 Å². The molecule has 0 radical (unpaired) electrons. The van der Waals surface area contributed by atoms with Crippen molar-refractivity contribution in [2.75, 3.05) is 13.1 Å². The van der Waals surface area contributed by atoms with E-state index in [2.05, 4.69) is 60.5 Å². The molecule has 0 saturated carbocycles. The molecule has 0 bridgehead atoms. The Morgan fingerprint density at radius 1 is 0.720 bits per heavy atom. The smallest absolute Gasteiger partial charge is 0.358 e. The standard InChI is InChI=1S/C18H26N2P2.2CH3.Ti/c1-15-7-9-17(21-15)13-19-11-5-3-4-6-12-20-14-18-10-8-16(2)22-18;;;/h7-10,13-14,21-22H,3-6,11-12H2,1-2H3;2*1H3;/q;2*-1;+2. The molecule has 2 aromatic heterocycles. The average Bonchev–Trinajstić information content (AvgIpc) is 3.09. The summed E-state index contributed by atoms with van der Waals surface area (Å²) in [5.74, 6) is 0. The zero-order valence-electron chi connectivity index (χ0n) is 16.1. The SMILES string of the molecule is Cc1ccc(C=NCCCCCCN=Cc2ccc(C)[pH]2)[pH]1.[CH3-].[CH3-].[Ti+2]. The second-order valence-corrected chi connectivity index (χ2v) is 8.91. The fourth-order valence-electron chi connectivity index (χ4n) is 2.29. The van der Waals surface area contributed by atoms with Gasteiger partial charge in [0.1, 0.15) is 0 Å². The van der Waals surface area contributed by atoms with E-state index < -0.39 is 0 Å². The largest absolute Gasteiger partial charge is 2.00 e. The molecule has 2 atom stereocenters. The maximum atomic E-state index is 4.52. The summed E-state index contributed by atoms with van der Waals surface area (Å²) in [4.78, 5) is 9.04. The van der Waals surface area contributed by atoms with Gasteiger partial charge in [0.2, 0.25) is 0 Å². The van der Waals surface area contributed by atoms with Gasteiger partial charge in [-0.1, -0.05) is 25.0 Å². The van der Waals surface area contributed by atoms with E-state index in [1.807, 2.05) is 0 Å². The van der Waals surface area contributed by atoms with Gasteiger partial charge in [0.15, 0.2) is 0 Å². The molecule has 2 nitrogen and oxygen atoms in total. The van der Waals surface area contributed by atoms with Gasteiger partial charge in [0.25, 0.3) is 0 Å². The van der Waals surface area contributed by atoms with Crippen LogP contribution in [0.2, 0.25) is 0 Å². The fourth-order valence-corrected chi connectivity index (χ4v) is 4.18. The number of rotatable bonds is 9. The summed E-state index contributed by atoms with van der Waals surface area (Å²) in [5, 5.41) is 5.67. The fraction of sp³-hybridized carbons (Fsp3) is 0.400. The monoisotopic (exact) mass is 410 g/mol. The number of aryl methyl sites for hydroxylation is 2. The van der Waals surface area contributed by atoms with Gasteiger partial charge in [-0.15, -0.1) is 16.4 Å². The van der Waals surface area contributed by atoms with Gasteiger partial charge in [-0.3, -0.25) is 9.98 Å². The molecule has 0 N–H and O–H groups in total. The van der Waals surface area contributed by atoms with Gasteiger partial charge in [-0.05, 0) is 49.4 Å². The second kappa shape index (κ2) is 15.8. The van der Waals surface area contributed by atoms with Crippen LogP contribution in [0.3, 0.4) is 0 Å². The first-order chi connectivity index (χ1) is 10.7. The molecule has 0 aromatic carbocycles. The molecule has 0 aliphatic heterocycles. The molecule has 0 aliphatic rings. The van der Waals surface area contributed by atoms with Crippen LogP contribution < -0.4 is 0 Å². The molecule has 2 heterocycles. The van der Waals surface area contributed by atoms with E-state index in [1.165, 1.54) is 46.9 Å². The third-order valence-electron chi connectivity index (χ3n) is 3.49. The number of hydrogen-bond acceptors (Lipinski definition) is 2. The van der Waals surface area contributed by atoms with Gasteiger partial charge < -0.3 is 14.9 Å². The van der Waals surface area contributed by atoms with E-state index >= 15 is 0 Å². The first-order valence-electron chi connectivity index (χ1n) is 8.05. The first-order valence-corrected chi connectivity index (χ1v) is 10.0. The normalized spacial score (nSPS) is 11.1. The quantitative estimate of drug-likeness (QED) is 0.199. The van der Waals surface area contributed by atoms with Crippen molar-refractivity contribution in [3.05, 3.63) is 60.3 Å². The first kappa shape index (κ1) is 26.8. The van der Waals surface area contributed by atoms with Crippen LogP contribution in [-0.4, -0.2) is 25.5 Å². The minimum absolute atomic E-state index is 0. The Morgan fingerprint density at radius 3 is 1.44 bits per heavy atom. The maximum Gasteiger partial charge on any atom is 2.00 e. The molecule has 2 aromatic rings. The topological polar surface area (TPSA) is 24.7 Å². The molecule has 0 saturated heterocycles. The summed E-state index contributed by atoms with van der Waals surface area (Å²) < 4.78 is 0. The van der Waals surface area contributed by atoms with Gasteiger partial charge in [0, 0.05) is 36.1 Å². The third-order valence-corrected chi connectivity index (χ3v) is 5.78. The van der Waals surface area contributed by atoms with Crippen molar-refractivity contribution >= 4 is 28.8 Å². The Morgan fingerprint density at radius 2 is 1.12 bits per heavy atom. The molecular weight excluding hydrogens is 378 g/mol. The number of unbranched alkanes of at least 4 members (excludes halogenated alkanes) is 3. The maximum absolute atomic E-state index is 4.52. The van der Waals surface area contributed by atoms with Crippen LogP contribution in [-0.2, 0) is 21.7 Å². The van der Waals surface area contributed by atoms with Gasteiger partial charge in [-0.2, -0.15) is 0 Å². The van der Waals surface area contributed by atoms with Gasteiger partial charge >= 0.3 is 21.7 Å². The molecule has 0 fully saturated rings. The summed E-state index contributed by atoms with van der Waals surface area (Å²) in [6, 6.07) is 8.76. The molecule has 0 spiro atoms. The predicted molar refractivity (Wildman–Crippen MR) is 118 cm³/mol. The molecule has 0 amide bonds. The van der Waals surface area contributed by atoms with E-state index in [0.717, 1.165) is 29.5 Å². The van der Waals surface area contributed by atoms with Crippen molar-refractivity contribution in [2.24, 2.45) is 9.98 Å². The third kappa shape index (κ3) is 11.8. The average molecular weight is 410 g/mol. The van der Waals surface area contributed by atoms with Crippen LogP contribution in [0.15, 0.2) is 34.3 Å². The molecule has 2 rings (SSSR count). The Labute approximate surface area is 173 Å². The van der Waals surface area contributed by atoms with E-state index in [1.54, 1.807) is 0 Å². The van der Waals surface area contributed by atoms with Crippen molar-refractivity contribution in [2.45, 2.75) is 39.5 Å². The zero-order valence-corrected chi connectivity index (χ0v) is 19.7. The van der Waals surface area contributed by atoms with Crippen LogP contribution in [0.1, 0.15) is 46.9 Å². The Kier molecular flexibility index (Phi) is 17.0. The molecule has 25 heavy (non-hydrogen) atoms. The Balaban J connectivity index is 0. The molecule has 0 aliphatic carbocycles. The molecule has 136 valence electrons. The minimum Gasteiger partial charge on any atom is -0.358 e. The van der Waals surface area contributed by atoms with E-state index in [4.69, 9.17) is 0 Å². The van der Waals surface area contributed by atoms with E-state index in [9.17, 15) is 0 Å². The number of hydrogen-bond donors (Lipinski definition) is 0. The minimum atomic E-state index is 0. The second-order valence-electron chi connectivity index (χ2n) is 5.68. The number of aliphatic imine (C=N–C) groups is 2. The summed E-state index contributed by atoms with van der Waals surface area (Å²) in [7, 11) is 1.67.